The van der Waals surface area contributed by atoms with Gasteiger partial charge in [-0.1, -0.05) is 208 Å². The molecule has 0 aliphatic heterocycles. The minimum atomic E-state index is 0.463. The number of anilines is 6. The van der Waals surface area contributed by atoms with Gasteiger partial charge in [-0.15, -0.1) is 0 Å². The van der Waals surface area contributed by atoms with Crippen LogP contribution in [0.15, 0.2) is 285 Å². The normalized spacial score (nSPS) is 14.4. The van der Waals surface area contributed by atoms with Crippen LogP contribution in [-0.4, -0.2) is 0 Å². The highest BCUT2D eigenvalue weighted by Crippen LogP contribution is 2.54. The van der Waals surface area contributed by atoms with Crippen LogP contribution in [0, 0.1) is 0 Å². The van der Waals surface area contributed by atoms with Crippen LogP contribution >= 0.6 is 0 Å². The lowest BCUT2D eigenvalue weighted by atomic mass is 9.82. The molecular formula is C90H66N2O4. The van der Waals surface area contributed by atoms with Crippen molar-refractivity contribution in [3.8, 4) is 22.3 Å². The number of hydrogen-bond donors (Lipinski definition) is 0. The largest absolute Gasteiger partial charge is 0.455 e. The Balaban J connectivity index is 0.782. The van der Waals surface area contributed by atoms with Gasteiger partial charge in [0, 0.05) is 77.7 Å². The van der Waals surface area contributed by atoms with Gasteiger partial charge in [0.2, 0.25) is 0 Å². The minimum Gasteiger partial charge on any atom is -0.455 e. The molecule has 0 amide bonds. The zero-order valence-corrected chi connectivity index (χ0v) is 53.2. The first-order valence-corrected chi connectivity index (χ1v) is 34.5. The number of nitrogens with zero attached hydrogens (tertiary/aromatic N) is 2. The number of para-hydroxylation sites is 4. The van der Waals surface area contributed by atoms with Crippen LogP contribution < -0.4 is 9.80 Å². The van der Waals surface area contributed by atoms with Gasteiger partial charge >= 0.3 is 0 Å². The summed E-state index contributed by atoms with van der Waals surface area (Å²) in [6.07, 6.45) is 12.3. The van der Waals surface area contributed by atoms with Crippen LogP contribution in [0.25, 0.3) is 142 Å². The van der Waals surface area contributed by atoms with E-state index in [1.807, 2.05) is 0 Å². The Labute approximate surface area is 554 Å². The van der Waals surface area contributed by atoms with E-state index in [0.29, 0.717) is 11.8 Å². The summed E-state index contributed by atoms with van der Waals surface area (Å²) in [6.45, 7) is 0. The summed E-state index contributed by atoms with van der Waals surface area (Å²) in [5.74, 6) is 0.926. The predicted octanol–water partition coefficient (Wildman–Crippen LogP) is 27.1. The van der Waals surface area contributed by atoms with Crippen molar-refractivity contribution in [2.45, 2.75) is 76.0 Å². The summed E-state index contributed by atoms with van der Waals surface area (Å²) in [4.78, 5) is 4.69. The maximum Gasteiger partial charge on any atom is 0.159 e. The van der Waals surface area contributed by atoms with Gasteiger partial charge in [0.05, 0.1) is 22.7 Å². The van der Waals surface area contributed by atoms with Crippen molar-refractivity contribution in [2.75, 3.05) is 9.80 Å². The first-order chi connectivity index (χ1) is 47.6. The molecule has 0 atom stereocenters. The average Bonchev–Trinajstić information content (AvgIpc) is 1.55. The zero-order valence-electron chi connectivity index (χ0n) is 53.2. The molecule has 0 saturated heterocycles. The third kappa shape index (κ3) is 8.63. The first-order valence-electron chi connectivity index (χ1n) is 34.5. The highest BCUT2D eigenvalue weighted by molar-refractivity contribution is 6.28. The molecule has 0 spiro atoms. The highest BCUT2D eigenvalue weighted by Gasteiger charge is 2.30. The van der Waals surface area contributed by atoms with Gasteiger partial charge in [-0.05, 0) is 177 Å². The SMILES string of the molecule is c1ccc(-c2c3cc4c(oc5cc(N(c6ccccc6)c6cccc7c6oc6c(C8CCCCC8)cc8ccccc8c67)ccc54)c(-c4ccccc4)c3cc3c2oc2cc(N(c4ccccc4)c4cccc5c4oc4c(C6CCCCC6)cc6ccccc6c45)ccc23)cc1. The Morgan fingerprint density at radius 3 is 1.06 bits per heavy atom. The van der Waals surface area contributed by atoms with E-state index in [2.05, 4.69) is 277 Å². The molecular weight excluding hydrogens is 1170 g/mol. The second-order valence-electron chi connectivity index (χ2n) is 27.0. The Kier molecular flexibility index (Phi) is 12.7. The van der Waals surface area contributed by atoms with E-state index in [4.69, 9.17) is 17.7 Å². The maximum atomic E-state index is 7.45. The number of rotatable bonds is 10. The molecule has 18 aromatic rings. The lowest BCUT2D eigenvalue weighted by Gasteiger charge is -2.25. The lowest BCUT2D eigenvalue weighted by molar-refractivity contribution is 0.442. The molecule has 0 unspecified atom stereocenters. The molecule has 0 radical (unpaired) electrons. The van der Waals surface area contributed by atoms with E-state index in [-0.39, 0.29) is 0 Å². The number of furan rings is 4. The molecule has 460 valence electrons. The van der Waals surface area contributed by atoms with Crippen molar-refractivity contribution in [1.29, 1.82) is 0 Å². The minimum absolute atomic E-state index is 0.463. The molecule has 14 aromatic carbocycles. The number of fused-ring (bicyclic) bond motifs is 17. The third-order valence-electron chi connectivity index (χ3n) is 21.5. The average molecular weight is 1240 g/mol. The molecule has 6 heteroatoms. The van der Waals surface area contributed by atoms with E-state index in [0.717, 1.165) is 144 Å². The summed E-state index contributed by atoms with van der Waals surface area (Å²) >= 11 is 0. The predicted molar refractivity (Wildman–Crippen MR) is 400 cm³/mol. The molecule has 0 bridgehead atoms. The molecule has 2 fully saturated rings. The Bertz CT molecular complexity index is 5730. The Morgan fingerprint density at radius 2 is 0.635 bits per heavy atom. The summed E-state index contributed by atoms with van der Waals surface area (Å²) < 4.78 is 29.6. The number of benzene rings is 14. The van der Waals surface area contributed by atoms with Crippen molar-refractivity contribution in [3.63, 3.8) is 0 Å². The van der Waals surface area contributed by atoms with Crippen molar-refractivity contribution in [1.82, 2.24) is 0 Å². The first kappa shape index (κ1) is 55.1. The molecule has 96 heavy (non-hydrogen) atoms. The summed E-state index contributed by atoms with van der Waals surface area (Å²) in [5.41, 5.74) is 19.8. The van der Waals surface area contributed by atoms with Crippen molar-refractivity contribution < 1.29 is 17.7 Å². The second kappa shape index (κ2) is 22.1. The summed E-state index contributed by atoms with van der Waals surface area (Å²) in [6, 6.07) is 97.0. The quantitative estimate of drug-likeness (QED) is 0.136. The molecule has 4 aromatic heterocycles. The fourth-order valence-corrected chi connectivity index (χ4v) is 17.1. The van der Waals surface area contributed by atoms with E-state index >= 15 is 0 Å². The second-order valence-corrected chi connectivity index (χ2v) is 27.0. The van der Waals surface area contributed by atoms with Crippen LogP contribution in [0.1, 0.15) is 87.2 Å². The van der Waals surface area contributed by atoms with Crippen LogP contribution in [0.3, 0.4) is 0 Å². The monoisotopic (exact) mass is 1240 g/mol. The van der Waals surface area contributed by atoms with E-state index in [1.165, 1.54) is 108 Å². The van der Waals surface area contributed by atoms with E-state index in [9.17, 15) is 0 Å². The fourth-order valence-electron chi connectivity index (χ4n) is 17.1. The van der Waals surface area contributed by atoms with Gasteiger partial charge in [-0.25, -0.2) is 0 Å². The molecule has 20 rings (SSSR count). The van der Waals surface area contributed by atoms with E-state index < -0.39 is 0 Å². The van der Waals surface area contributed by atoms with Gasteiger partial charge in [0.25, 0.3) is 0 Å². The maximum absolute atomic E-state index is 7.45. The van der Waals surface area contributed by atoms with Crippen LogP contribution in [0.5, 0.6) is 0 Å². The van der Waals surface area contributed by atoms with Gasteiger partial charge < -0.3 is 27.5 Å². The Morgan fingerprint density at radius 1 is 0.250 bits per heavy atom. The third-order valence-corrected chi connectivity index (χ3v) is 21.5. The molecule has 6 nitrogen and oxygen atoms in total. The van der Waals surface area contributed by atoms with Gasteiger partial charge in [0.1, 0.15) is 33.5 Å². The van der Waals surface area contributed by atoms with Gasteiger partial charge in [-0.2, -0.15) is 0 Å². The zero-order chi connectivity index (χ0) is 63.0. The van der Waals surface area contributed by atoms with Gasteiger partial charge in [-0.3, -0.25) is 0 Å². The summed E-state index contributed by atoms with van der Waals surface area (Å²) in [5, 5.41) is 15.9. The van der Waals surface area contributed by atoms with Crippen molar-refractivity contribution >= 4 is 154 Å². The standard InChI is InChI=1S/C90H66N2O4/c1-7-25-55(26-8-1)71-49-59-33-19-21-39-65(59)83-69-41-23-43-77(85(69)95-87(71)83)91(61-35-15-5-16-36-61)63-45-47-67-75-53-73-74(81(57-29-11-3-12-30-57)89(75)93-79(67)51-63)54-76-68-48-46-64(52-80(68)94-90(76)82(73)58-31-13-4-14-32-58)92(62-37-17-6-18-38-62)78-44-24-42-70-84-66-40-22-20-34-60(66)50-72(88(84)96-86(70)78)56-27-9-2-10-28-56/h3-6,11-24,29-56H,1-2,7-10,25-28H2. The van der Waals surface area contributed by atoms with Crippen LogP contribution in [-0.2, 0) is 0 Å². The lowest BCUT2D eigenvalue weighted by Crippen LogP contribution is -2.10. The van der Waals surface area contributed by atoms with Crippen molar-refractivity contribution in [3.05, 3.63) is 278 Å². The summed E-state index contributed by atoms with van der Waals surface area (Å²) in [7, 11) is 0. The number of hydrogen-bond acceptors (Lipinski definition) is 6. The Hall–Kier alpha value is -11.3. The van der Waals surface area contributed by atoms with Crippen LogP contribution in [0.4, 0.5) is 34.1 Å². The smallest absolute Gasteiger partial charge is 0.159 e. The fraction of sp³-hybridized carbons (Fsp3) is 0.133. The molecule has 2 saturated carbocycles. The highest BCUT2D eigenvalue weighted by atomic mass is 16.3. The van der Waals surface area contributed by atoms with Crippen molar-refractivity contribution in [2.24, 2.45) is 0 Å². The van der Waals surface area contributed by atoms with E-state index in [1.54, 1.807) is 0 Å². The molecule has 2 aliphatic rings. The van der Waals surface area contributed by atoms with Gasteiger partial charge in [0.15, 0.2) is 11.2 Å². The van der Waals surface area contributed by atoms with Crippen LogP contribution in [0.2, 0.25) is 0 Å². The molecule has 2 aliphatic carbocycles. The topological polar surface area (TPSA) is 59.0 Å². The molecule has 0 N–H and O–H groups in total. The molecule has 4 heterocycles.